The Morgan fingerprint density at radius 1 is 1.48 bits per heavy atom. The zero-order chi connectivity index (χ0) is 15.2. The number of likely N-dealkylation sites (tertiary alicyclic amines) is 1. The molecule has 0 atom stereocenters. The van der Waals surface area contributed by atoms with E-state index in [2.05, 4.69) is 28.7 Å². The summed E-state index contributed by atoms with van der Waals surface area (Å²) < 4.78 is 2.09. The molecule has 1 aromatic rings. The van der Waals surface area contributed by atoms with Crippen LogP contribution in [-0.2, 0) is 13.1 Å². The first-order valence-electron chi connectivity index (χ1n) is 7.73. The van der Waals surface area contributed by atoms with Crippen molar-refractivity contribution in [2.24, 2.45) is 11.8 Å². The number of urea groups is 1. The lowest BCUT2D eigenvalue weighted by molar-refractivity contribution is 0.137. The van der Waals surface area contributed by atoms with Gasteiger partial charge in [-0.25, -0.2) is 9.78 Å². The highest BCUT2D eigenvalue weighted by molar-refractivity contribution is 5.74. The van der Waals surface area contributed by atoms with E-state index in [4.69, 9.17) is 5.11 Å². The van der Waals surface area contributed by atoms with Crippen LogP contribution in [0.15, 0.2) is 12.4 Å². The molecule has 2 amide bonds. The highest BCUT2D eigenvalue weighted by atomic mass is 16.3. The molecule has 1 aromatic heterocycles. The molecule has 0 aliphatic carbocycles. The fraction of sp³-hybridized carbons (Fsp3) is 0.733. The fourth-order valence-corrected chi connectivity index (χ4v) is 2.65. The third-order valence-corrected chi connectivity index (χ3v) is 3.92. The molecule has 0 bridgehead atoms. The lowest BCUT2D eigenvalue weighted by atomic mass is 9.98. The van der Waals surface area contributed by atoms with E-state index in [1.807, 2.05) is 11.1 Å². The van der Waals surface area contributed by atoms with E-state index in [0.29, 0.717) is 18.4 Å². The Bertz CT molecular complexity index is 450. The SMILES string of the molecule is CC(C)Cn1ccnc1CNC(=O)N1CCC(CO)CC1. The van der Waals surface area contributed by atoms with Crippen LogP contribution in [0.5, 0.6) is 0 Å². The average Bonchev–Trinajstić information content (AvgIpc) is 2.91. The zero-order valence-electron chi connectivity index (χ0n) is 13.0. The molecule has 21 heavy (non-hydrogen) atoms. The van der Waals surface area contributed by atoms with Crippen LogP contribution >= 0.6 is 0 Å². The standard InChI is InChI=1S/C15H26N4O2/c1-12(2)10-19-8-5-16-14(19)9-17-15(21)18-6-3-13(11-20)4-7-18/h5,8,12-13,20H,3-4,6-7,9-11H2,1-2H3,(H,17,21). The number of carbonyl (C=O) groups excluding carboxylic acids is 1. The van der Waals surface area contributed by atoms with Gasteiger partial charge < -0.3 is 19.9 Å². The Morgan fingerprint density at radius 3 is 2.81 bits per heavy atom. The third kappa shape index (κ3) is 4.46. The van der Waals surface area contributed by atoms with Crippen LogP contribution in [-0.4, -0.2) is 45.3 Å². The van der Waals surface area contributed by atoms with Crippen LogP contribution < -0.4 is 5.32 Å². The summed E-state index contributed by atoms with van der Waals surface area (Å²) >= 11 is 0. The van der Waals surface area contributed by atoms with Gasteiger partial charge in [-0.3, -0.25) is 0 Å². The minimum absolute atomic E-state index is 0.0366. The van der Waals surface area contributed by atoms with Crippen molar-refractivity contribution in [3.63, 3.8) is 0 Å². The van der Waals surface area contributed by atoms with Crippen LogP contribution in [0.2, 0.25) is 0 Å². The second-order valence-corrected chi connectivity index (χ2v) is 6.16. The van der Waals surface area contributed by atoms with E-state index < -0.39 is 0 Å². The zero-order valence-corrected chi connectivity index (χ0v) is 13.0. The highest BCUT2D eigenvalue weighted by Gasteiger charge is 2.22. The summed E-state index contributed by atoms with van der Waals surface area (Å²) in [6.45, 7) is 7.35. The molecule has 1 saturated heterocycles. The molecule has 0 saturated carbocycles. The van der Waals surface area contributed by atoms with Gasteiger partial charge in [-0.05, 0) is 24.7 Å². The molecule has 0 spiro atoms. The molecule has 118 valence electrons. The van der Waals surface area contributed by atoms with E-state index in [9.17, 15) is 4.79 Å². The maximum Gasteiger partial charge on any atom is 0.317 e. The van der Waals surface area contributed by atoms with Crippen molar-refractivity contribution in [1.82, 2.24) is 19.8 Å². The van der Waals surface area contributed by atoms with Crippen LogP contribution in [0.1, 0.15) is 32.5 Å². The number of hydrogen-bond donors (Lipinski definition) is 2. The number of imidazole rings is 1. The summed E-state index contributed by atoms with van der Waals surface area (Å²) in [6, 6.07) is -0.0366. The van der Waals surface area contributed by atoms with E-state index in [1.165, 1.54) is 0 Å². The summed E-state index contributed by atoms with van der Waals surface area (Å²) in [5.41, 5.74) is 0. The van der Waals surface area contributed by atoms with Gasteiger partial charge in [-0.2, -0.15) is 0 Å². The molecule has 1 aliphatic heterocycles. The highest BCUT2D eigenvalue weighted by Crippen LogP contribution is 2.16. The van der Waals surface area contributed by atoms with Crippen LogP contribution in [0.4, 0.5) is 4.79 Å². The lowest BCUT2D eigenvalue weighted by Gasteiger charge is -2.31. The molecule has 0 aromatic carbocycles. The van der Waals surface area contributed by atoms with Crippen molar-refractivity contribution in [2.45, 2.75) is 39.8 Å². The Morgan fingerprint density at radius 2 is 2.19 bits per heavy atom. The fourth-order valence-electron chi connectivity index (χ4n) is 2.65. The number of amides is 2. The van der Waals surface area contributed by atoms with Crippen molar-refractivity contribution in [3.8, 4) is 0 Å². The average molecular weight is 294 g/mol. The van der Waals surface area contributed by atoms with Gasteiger partial charge in [0.1, 0.15) is 5.82 Å². The minimum Gasteiger partial charge on any atom is -0.396 e. The number of nitrogens with one attached hydrogen (secondary N) is 1. The maximum atomic E-state index is 12.1. The molecular formula is C15H26N4O2. The molecule has 2 rings (SSSR count). The number of hydrogen-bond acceptors (Lipinski definition) is 3. The monoisotopic (exact) mass is 294 g/mol. The predicted molar refractivity (Wildman–Crippen MR) is 80.7 cm³/mol. The maximum absolute atomic E-state index is 12.1. The van der Waals surface area contributed by atoms with E-state index in [-0.39, 0.29) is 12.6 Å². The molecular weight excluding hydrogens is 268 g/mol. The van der Waals surface area contributed by atoms with Gasteiger partial charge >= 0.3 is 6.03 Å². The molecule has 6 heteroatoms. The summed E-state index contributed by atoms with van der Waals surface area (Å²) in [5.74, 6) is 1.78. The van der Waals surface area contributed by atoms with Crippen LogP contribution in [0, 0.1) is 11.8 Å². The second kappa shape index (κ2) is 7.45. The Kier molecular flexibility index (Phi) is 5.61. The lowest BCUT2D eigenvalue weighted by Crippen LogP contribution is -2.44. The number of aliphatic hydroxyl groups excluding tert-OH is 1. The molecule has 0 radical (unpaired) electrons. The van der Waals surface area contributed by atoms with Gasteiger partial charge in [0.2, 0.25) is 0 Å². The topological polar surface area (TPSA) is 70.4 Å². The van der Waals surface area contributed by atoms with Gasteiger partial charge in [0.25, 0.3) is 0 Å². The Hall–Kier alpha value is -1.56. The van der Waals surface area contributed by atoms with E-state index >= 15 is 0 Å². The van der Waals surface area contributed by atoms with Gasteiger partial charge in [0, 0.05) is 38.6 Å². The number of piperidine rings is 1. The van der Waals surface area contributed by atoms with E-state index in [1.54, 1.807) is 6.20 Å². The summed E-state index contributed by atoms with van der Waals surface area (Å²) in [5, 5.41) is 12.1. The predicted octanol–water partition coefficient (Wildman–Crippen LogP) is 1.45. The normalized spacial score (nSPS) is 16.5. The van der Waals surface area contributed by atoms with Crippen molar-refractivity contribution in [2.75, 3.05) is 19.7 Å². The van der Waals surface area contributed by atoms with Crippen molar-refractivity contribution >= 4 is 6.03 Å². The molecule has 6 nitrogen and oxygen atoms in total. The number of rotatable bonds is 5. The first kappa shape index (κ1) is 15.8. The summed E-state index contributed by atoms with van der Waals surface area (Å²) in [7, 11) is 0. The number of carbonyl (C=O) groups is 1. The van der Waals surface area contributed by atoms with Crippen molar-refractivity contribution in [3.05, 3.63) is 18.2 Å². The van der Waals surface area contributed by atoms with Gasteiger partial charge in [-0.15, -0.1) is 0 Å². The van der Waals surface area contributed by atoms with E-state index in [0.717, 1.165) is 38.3 Å². The van der Waals surface area contributed by atoms with Gasteiger partial charge in [0.15, 0.2) is 0 Å². The number of aliphatic hydroxyl groups is 1. The number of aromatic nitrogens is 2. The first-order valence-corrected chi connectivity index (χ1v) is 7.73. The van der Waals surface area contributed by atoms with Crippen molar-refractivity contribution < 1.29 is 9.90 Å². The summed E-state index contributed by atoms with van der Waals surface area (Å²) in [6.07, 6.45) is 5.49. The smallest absolute Gasteiger partial charge is 0.317 e. The quantitative estimate of drug-likeness (QED) is 0.863. The Balaban J connectivity index is 1.80. The molecule has 2 heterocycles. The third-order valence-electron chi connectivity index (χ3n) is 3.92. The minimum atomic E-state index is -0.0366. The molecule has 0 unspecified atom stereocenters. The van der Waals surface area contributed by atoms with Crippen LogP contribution in [0.3, 0.4) is 0 Å². The first-order chi connectivity index (χ1) is 10.1. The largest absolute Gasteiger partial charge is 0.396 e. The second-order valence-electron chi connectivity index (χ2n) is 6.16. The van der Waals surface area contributed by atoms with Crippen molar-refractivity contribution in [1.29, 1.82) is 0 Å². The molecule has 1 aliphatic rings. The Labute approximate surface area is 126 Å². The number of nitrogens with zero attached hydrogens (tertiary/aromatic N) is 3. The molecule has 2 N–H and O–H groups in total. The van der Waals surface area contributed by atoms with Gasteiger partial charge in [0.05, 0.1) is 6.54 Å². The van der Waals surface area contributed by atoms with Crippen LogP contribution in [0.25, 0.3) is 0 Å². The summed E-state index contributed by atoms with van der Waals surface area (Å²) in [4.78, 5) is 18.3. The molecule has 1 fully saturated rings. The van der Waals surface area contributed by atoms with Gasteiger partial charge in [-0.1, -0.05) is 13.8 Å².